The minimum atomic E-state index is -0.348. The fraction of sp³-hybridized carbons (Fsp3) is 0.200. The minimum Gasteiger partial charge on any atom is -0.496 e. The molecule has 1 heterocycles. The number of rotatable bonds is 6. The van der Waals surface area contributed by atoms with Crippen LogP contribution in [0.4, 0.5) is 4.39 Å². The van der Waals surface area contributed by atoms with E-state index in [0.717, 1.165) is 16.9 Å². The lowest BCUT2D eigenvalue weighted by Gasteiger charge is -2.11. The third kappa shape index (κ3) is 4.25. The number of carbonyl (C=O) groups excluding carboxylic acids is 1. The molecule has 0 saturated carbocycles. The van der Waals surface area contributed by atoms with E-state index in [-0.39, 0.29) is 11.7 Å². The SMILES string of the molecule is COc1ccc(C)cc1CCNC(=O)c1c[nH]c(=S)n1-c1ccc(F)cc1. The first-order valence-electron chi connectivity index (χ1n) is 8.47. The van der Waals surface area contributed by atoms with Crippen molar-refractivity contribution in [1.29, 1.82) is 0 Å². The summed E-state index contributed by atoms with van der Waals surface area (Å²) in [6, 6.07) is 11.8. The van der Waals surface area contributed by atoms with E-state index < -0.39 is 0 Å². The first kappa shape index (κ1) is 18.8. The molecule has 0 aliphatic carbocycles. The Morgan fingerprint density at radius 1 is 1.26 bits per heavy atom. The van der Waals surface area contributed by atoms with Gasteiger partial charge in [0, 0.05) is 18.4 Å². The van der Waals surface area contributed by atoms with Crippen LogP contribution in [-0.2, 0) is 6.42 Å². The van der Waals surface area contributed by atoms with Gasteiger partial charge in [-0.1, -0.05) is 17.7 Å². The van der Waals surface area contributed by atoms with Crippen LogP contribution in [0.5, 0.6) is 5.75 Å². The zero-order valence-corrected chi connectivity index (χ0v) is 15.9. The zero-order valence-electron chi connectivity index (χ0n) is 15.1. The molecule has 0 unspecified atom stereocenters. The van der Waals surface area contributed by atoms with E-state index in [0.29, 0.717) is 29.1 Å². The van der Waals surface area contributed by atoms with E-state index in [1.165, 1.54) is 12.1 Å². The third-order valence-corrected chi connectivity index (χ3v) is 4.51. The van der Waals surface area contributed by atoms with Crippen LogP contribution in [0.1, 0.15) is 21.6 Å². The number of nitrogens with one attached hydrogen (secondary N) is 2. The van der Waals surface area contributed by atoms with Gasteiger partial charge in [-0.05, 0) is 61.5 Å². The fourth-order valence-electron chi connectivity index (χ4n) is 2.89. The van der Waals surface area contributed by atoms with Gasteiger partial charge in [0.15, 0.2) is 4.77 Å². The molecule has 0 fully saturated rings. The van der Waals surface area contributed by atoms with Crippen molar-refractivity contribution < 1.29 is 13.9 Å². The van der Waals surface area contributed by atoms with E-state index in [9.17, 15) is 9.18 Å². The van der Waals surface area contributed by atoms with Crippen LogP contribution in [0.2, 0.25) is 0 Å². The molecule has 0 saturated heterocycles. The summed E-state index contributed by atoms with van der Waals surface area (Å²) in [7, 11) is 1.63. The average Bonchev–Trinajstić information content (AvgIpc) is 3.04. The van der Waals surface area contributed by atoms with Crippen molar-refractivity contribution in [2.24, 2.45) is 0 Å². The Bertz CT molecular complexity index is 1010. The number of benzene rings is 2. The summed E-state index contributed by atoms with van der Waals surface area (Å²) < 4.78 is 20.5. The predicted molar refractivity (Wildman–Crippen MR) is 105 cm³/mol. The van der Waals surface area contributed by atoms with Crippen molar-refractivity contribution in [3.63, 3.8) is 0 Å². The van der Waals surface area contributed by atoms with Gasteiger partial charge in [-0.15, -0.1) is 0 Å². The second kappa shape index (κ2) is 8.18. The lowest BCUT2D eigenvalue weighted by atomic mass is 10.1. The Morgan fingerprint density at radius 2 is 2.00 bits per heavy atom. The normalized spacial score (nSPS) is 10.6. The van der Waals surface area contributed by atoms with Crippen LogP contribution in [0.3, 0.4) is 0 Å². The zero-order chi connectivity index (χ0) is 19.4. The van der Waals surface area contributed by atoms with Gasteiger partial charge in [-0.2, -0.15) is 0 Å². The molecule has 7 heteroatoms. The molecule has 3 rings (SSSR count). The maximum atomic E-state index is 13.2. The Labute approximate surface area is 161 Å². The number of hydrogen-bond donors (Lipinski definition) is 2. The second-order valence-electron chi connectivity index (χ2n) is 6.11. The van der Waals surface area contributed by atoms with E-state index in [1.54, 1.807) is 30.0 Å². The first-order valence-corrected chi connectivity index (χ1v) is 8.88. The van der Waals surface area contributed by atoms with Crippen LogP contribution in [0.15, 0.2) is 48.7 Å². The molecule has 0 aliphatic rings. The molecule has 3 aromatic rings. The van der Waals surface area contributed by atoms with Crippen LogP contribution < -0.4 is 10.1 Å². The lowest BCUT2D eigenvalue weighted by molar-refractivity contribution is 0.0947. The number of methoxy groups -OCH3 is 1. The van der Waals surface area contributed by atoms with Gasteiger partial charge < -0.3 is 15.0 Å². The molecule has 0 atom stereocenters. The Morgan fingerprint density at radius 3 is 2.70 bits per heavy atom. The number of aryl methyl sites for hydroxylation is 1. The topological polar surface area (TPSA) is 59.0 Å². The quantitative estimate of drug-likeness (QED) is 0.632. The predicted octanol–water partition coefficient (Wildman–Crippen LogP) is 3.96. The Balaban J connectivity index is 1.74. The maximum Gasteiger partial charge on any atom is 0.269 e. The monoisotopic (exact) mass is 385 g/mol. The number of hydrogen-bond acceptors (Lipinski definition) is 3. The van der Waals surface area contributed by atoms with Crippen molar-refractivity contribution in [3.8, 4) is 11.4 Å². The van der Waals surface area contributed by atoms with Crippen LogP contribution in [0.25, 0.3) is 5.69 Å². The Hall–Kier alpha value is -2.93. The summed E-state index contributed by atoms with van der Waals surface area (Å²) in [6.45, 7) is 2.46. The number of nitrogens with zero attached hydrogens (tertiary/aromatic N) is 1. The van der Waals surface area contributed by atoms with E-state index in [4.69, 9.17) is 17.0 Å². The summed E-state index contributed by atoms with van der Waals surface area (Å²) >= 11 is 5.26. The smallest absolute Gasteiger partial charge is 0.269 e. The molecular formula is C20H20FN3O2S. The molecule has 1 amide bonds. The number of imidazole rings is 1. The third-order valence-electron chi connectivity index (χ3n) is 4.21. The highest BCUT2D eigenvalue weighted by atomic mass is 32.1. The second-order valence-corrected chi connectivity index (χ2v) is 6.50. The number of H-pyrrole nitrogens is 1. The van der Waals surface area contributed by atoms with Gasteiger partial charge in [0.05, 0.1) is 7.11 Å². The van der Waals surface area contributed by atoms with Crippen molar-refractivity contribution in [3.05, 3.63) is 76.1 Å². The van der Waals surface area contributed by atoms with Gasteiger partial charge >= 0.3 is 0 Å². The van der Waals surface area contributed by atoms with E-state index in [2.05, 4.69) is 10.3 Å². The highest BCUT2D eigenvalue weighted by molar-refractivity contribution is 7.71. The molecule has 2 aromatic carbocycles. The average molecular weight is 385 g/mol. The Kier molecular flexibility index (Phi) is 5.71. The number of ether oxygens (including phenoxy) is 1. The fourth-order valence-corrected chi connectivity index (χ4v) is 3.15. The van der Waals surface area contributed by atoms with Gasteiger partial charge in [-0.25, -0.2) is 4.39 Å². The van der Waals surface area contributed by atoms with Gasteiger partial charge in [0.25, 0.3) is 5.91 Å². The highest BCUT2D eigenvalue weighted by Gasteiger charge is 2.14. The lowest BCUT2D eigenvalue weighted by Crippen LogP contribution is -2.27. The molecule has 0 bridgehead atoms. The summed E-state index contributed by atoms with van der Waals surface area (Å²) in [4.78, 5) is 15.5. The molecular weight excluding hydrogens is 365 g/mol. The number of aromatic nitrogens is 2. The molecule has 1 aromatic heterocycles. The van der Waals surface area contributed by atoms with Gasteiger partial charge in [-0.3, -0.25) is 9.36 Å². The van der Waals surface area contributed by atoms with Crippen LogP contribution in [-0.4, -0.2) is 29.1 Å². The molecule has 5 nitrogen and oxygen atoms in total. The largest absolute Gasteiger partial charge is 0.496 e. The summed E-state index contributed by atoms with van der Waals surface area (Å²) in [5.74, 6) is 0.183. The first-order chi connectivity index (χ1) is 13.0. The molecule has 0 spiro atoms. The molecule has 140 valence electrons. The highest BCUT2D eigenvalue weighted by Crippen LogP contribution is 2.20. The molecule has 0 radical (unpaired) electrons. The summed E-state index contributed by atoms with van der Waals surface area (Å²) in [6.07, 6.45) is 2.19. The standard InChI is InChI=1S/C20H20FN3O2S/c1-13-3-8-18(26-2)14(11-13)9-10-22-19(25)17-12-23-20(27)24(17)16-6-4-15(21)5-7-16/h3-8,11-12H,9-10H2,1-2H3,(H,22,25)(H,23,27). The number of halogens is 1. The summed E-state index contributed by atoms with van der Waals surface area (Å²) in [5.41, 5.74) is 3.14. The minimum absolute atomic E-state index is 0.265. The van der Waals surface area contributed by atoms with Crippen LogP contribution in [0, 0.1) is 17.5 Å². The van der Waals surface area contributed by atoms with Gasteiger partial charge in [0.1, 0.15) is 17.3 Å². The number of aromatic amines is 1. The number of amides is 1. The molecule has 2 N–H and O–H groups in total. The van der Waals surface area contributed by atoms with Crippen molar-refractivity contribution in [2.45, 2.75) is 13.3 Å². The van der Waals surface area contributed by atoms with Crippen molar-refractivity contribution in [2.75, 3.05) is 13.7 Å². The van der Waals surface area contributed by atoms with Gasteiger partial charge in [0.2, 0.25) is 0 Å². The van der Waals surface area contributed by atoms with Crippen molar-refractivity contribution >= 4 is 18.1 Å². The van der Waals surface area contributed by atoms with E-state index >= 15 is 0 Å². The van der Waals surface area contributed by atoms with Crippen molar-refractivity contribution in [1.82, 2.24) is 14.9 Å². The van der Waals surface area contributed by atoms with E-state index in [1.807, 2.05) is 25.1 Å². The maximum absolute atomic E-state index is 13.2. The molecule has 27 heavy (non-hydrogen) atoms. The molecule has 0 aliphatic heterocycles. The number of carbonyl (C=O) groups is 1. The van der Waals surface area contributed by atoms with Crippen LogP contribution >= 0.6 is 12.2 Å². The summed E-state index contributed by atoms with van der Waals surface area (Å²) in [5, 5.41) is 2.90.